The predicted octanol–water partition coefficient (Wildman–Crippen LogP) is 2.44. The summed E-state index contributed by atoms with van der Waals surface area (Å²) in [6.45, 7) is 4.92. The molecule has 2 rings (SSSR count). The summed E-state index contributed by atoms with van der Waals surface area (Å²) in [5, 5.41) is 12.1. The highest BCUT2D eigenvalue weighted by Crippen LogP contribution is 2.23. The van der Waals surface area contributed by atoms with E-state index < -0.39 is 11.5 Å². The van der Waals surface area contributed by atoms with Gasteiger partial charge >= 0.3 is 5.97 Å². The lowest BCUT2D eigenvalue weighted by Gasteiger charge is -2.33. The standard InChI is InChI=1S/C16H23NO4S/c1-11-10-13(12(2)22-11)4-3-5-14(18)17-16(15(19)20)6-8-21-9-7-16/h10H,3-9H2,1-2H3,(H,17,18)(H,19,20). The summed E-state index contributed by atoms with van der Waals surface area (Å²) in [6, 6.07) is 2.16. The third kappa shape index (κ3) is 4.08. The monoisotopic (exact) mass is 325 g/mol. The maximum absolute atomic E-state index is 12.1. The molecule has 22 heavy (non-hydrogen) atoms. The minimum Gasteiger partial charge on any atom is -0.480 e. The summed E-state index contributed by atoms with van der Waals surface area (Å²) >= 11 is 1.77. The number of amides is 1. The van der Waals surface area contributed by atoms with Gasteiger partial charge in [0.15, 0.2) is 0 Å². The van der Waals surface area contributed by atoms with Crippen LogP contribution in [0, 0.1) is 13.8 Å². The largest absolute Gasteiger partial charge is 0.480 e. The maximum atomic E-state index is 12.1. The number of ether oxygens (including phenoxy) is 1. The molecule has 2 heterocycles. The van der Waals surface area contributed by atoms with Crippen molar-refractivity contribution in [3.05, 3.63) is 21.4 Å². The van der Waals surface area contributed by atoms with Crippen LogP contribution in [0.4, 0.5) is 0 Å². The summed E-state index contributed by atoms with van der Waals surface area (Å²) in [5.74, 6) is -1.15. The molecule has 1 saturated heterocycles. The van der Waals surface area contributed by atoms with Gasteiger partial charge in [-0.25, -0.2) is 4.79 Å². The van der Waals surface area contributed by atoms with E-state index in [1.165, 1.54) is 15.3 Å². The molecule has 0 aromatic carbocycles. The Labute approximate surface area is 134 Å². The molecule has 0 radical (unpaired) electrons. The Balaban J connectivity index is 1.84. The van der Waals surface area contributed by atoms with Crippen LogP contribution in [0.15, 0.2) is 6.07 Å². The molecule has 2 N–H and O–H groups in total. The van der Waals surface area contributed by atoms with Gasteiger partial charge in [-0.15, -0.1) is 11.3 Å². The molecule has 6 heteroatoms. The van der Waals surface area contributed by atoms with Crippen LogP contribution in [-0.4, -0.2) is 35.7 Å². The third-order valence-electron chi connectivity index (χ3n) is 4.13. The Hall–Kier alpha value is -1.40. The fourth-order valence-corrected chi connectivity index (χ4v) is 3.79. The van der Waals surface area contributed by atoms with Crippen LogP contribution >= 0.6 is 11.3 Å². The number of hydrogen-bond acceptors (Lipinski definition) is 4. The number of thiophene rings is 1. The van der Waals surface area contributed by atoms with Gasteiger partial charge in [0.1, 0.15) is 5.54 Å². The molecule has 0 bridgehead atoms. The smallest absolute Gasteiger partial charge is 0.329 e. The van der Waals surface area contributed by atoms with Crippen LogP contribution in [0.1, 0.15) is 41.0 Å². The highest BCUT2D eigenvalue weighted by atomic mass is 32.1. The Morgan fingerprint density at radius 2 is 2.05 bits per heavy atom. The first kappa shape index (κ1) is 17.0. The van der Waals surface area contributed by atoms with Crippen molar-refractivity contribution in [1.82, 2.24) is 5.32 Å². The second kappa shape index (κ2) is 7.24. The van der Waals surface area contributed by atoms with Crippen molar-refractivity contribution in [3.63, 3.8) is 0 Å². The van der Waals surface area contributed by atoms with Gasteiger partial charge < -0.3 is 15.2 Å². The van der Waals surface area contributed by atoms with Crippen molar-refractivity contribution >= 4 is 23.2 Å². The van der Waals surface area contributed by atoms with Crippen molar-refractivity contribution in [1.29, 1.82) is 0 Å². The highest BCUT2D eigenvalue weighted by Gasteiger charge is 2.41. The van der Waals surface area contributed by atoms with E-state index in [1.807, 2.05) is 0 Å². The van der Waals surface area contributed by atoms with E-state index in [0.29, 0.717) is 32.5 Å². The quantitative estimate of drug-likeness (QED) is 0.842. The van der Waals surface area contributed by atoms with Crippen molar-refractivity contribution < 1.29 is 19.4 Å². The maximum Gasteiger partial charge on any atom is 0.329 e. The molecule has 1 amide bonds. The average Bonchev–Trinajstić information content (AvgIpc) is 2.78. The van der Waals surface area contributed by atoms with Crippen LogP contribution in [-0.2, 0) is 20.7 Å². The summed E-state index contributed by atoms with van der Waals surface area (Å²) in [4.78, 5) is 26.2. The van der Waals surface area contributed by atoms with Gasteiger partial charge in [0, 0.05) is 42.2 Å². The first-order valence-electron chi connectivity index (χ1n) is 7.61. The normalized spacial score (nSPS) is 17.2. The van der Waals surface area contributed by atoms with E-state index in [9.17, 15) is 14.7 Å². The number of nitrogens with one attached hydrogen (secondary N) is 1. The van der Waals surface area contributed by atoms with E-state index >= 15 is 0 Å². The predicted molar refractivity (Wildman–Crippen MR) is 85.3 cm³/mol. The minimum atomic E-state index is -1.15. The molecular weight excluding hydrogens is 302 g/mol. The van der Waals surface area contributed by atoms with Crippen molar-refractivity contribution in [2.75, 3.05) is 13.2 Å². The number of hydrogen-bond donors (Lipinski definition) is 2. The second-order valence-corrected chi connectivity index (χ2v) is 7.30. The van der Waals surface area contributed by atoms with Gasteiger partial charge in [0.05, 0.1) is 0 Å². The molecule has 1 aromatic rings. The van der Waals surface area contributed by atoms with E-state index in [4.69, 9.17) is 4.74 Å². The molecule has 0 saturated carbocycles. The molecule has 1 fully saturated rings. The molecule has 0 aliphatic carbocycles. The number of carboxylic acid groups (broad SMARTS) is 1. The zero-order chi connectivity index (χ0) is 16.2. The zero-order valence-electron chi connectivity index (χ0n) is 13.1. The summed E-state index contributed by atoms with van der Waals surface area (Å²) in [5.41, 5.74) is 0.138. The Morgan fingerprint density at radius 3 is 2.59 bits per heavy atom. The lowest BCUT2D eigenvalue weighted by atomic mass is 9.90. The Bertz CT molecular complexity index is 546. The number of aliphatic carboxylic acids is 1. The van der Waals surface area contributed by atoms with Crippen LogP contribution in [0.2, 0.25) is 0 Å². The first-order chi connectivity index (χ1) is 10.4. The number of carbonyl (C=O) groups is 2. The van der Waals surface area contributed by atoms with Gasteiger partial charge in [-0.1, -0.05) is 0 Å². The minimum absolute atomic E-state index is 0.186. The van der Waals surface area contributed by atoms with Gasteiger partial charge in [-0.05, 0) is 38.3 Å². The average molecular weight is 325 g/mol. The molecule has 1 aliphatic rings. The molecule has 0 spiro atoms. The van der Waals surface area contributed by atoms with Gasteiger partial charge in [-0.3, -0.25) is 4.79 Å². The lowest BCUT2D eigenvalue weighted by Crippen LogP contribution is -2.57. The molecule has 0 atom stereocenters. The molecule has 5 nitrogen and oxygen atoms in total. The fraction of sp³-hybridized carbons (Fsp3) is 0.625. The second-order valence-electron chi connectivity index (χ2n) is 5.84. The zero-order valence-corrected chi connectivity index (χ0v) is 13.9. The molecule has 1 aliphatic heterocycles. The van der Waals surface area contributed by atoms with Crippen molar-refractivity contribution in [2.24, 2.45) is 0 Å². The third-order valence-corrected chi connectivity index (χ3v) is 5.14. The van der Waals surface area contributed by atoms with Crippen LogP contribution < -0.4 is 5.32 Å². The number of carboxylic acids is 1. The summed E-state index contributed by atoms with van der Waals surface area (Å²) in [7, 11) is 0. The topological polar surface area (TPSA) is 75.6 Å². The molecule has 122 valence electrons. The van der Waals surface area contributed by atoms with Gasteiger partial charge in [-0.2, -0.15) is 0 Å². The lowest BCUT2D eigenvalue weighted by molar-refractivity contribution is -0.152. The number of carbonyl (C=O) groups excluding carboxylic acids is 1. The van der Waals surface area contributed by atoms with Crippen molar-refractivity contribution in [2.45, 2.75) is 51.5 Å². The van der Waals surface area contributed by atoms with Crippen LogP contribution in [0.3, 0.4) is 0 Å². The van der Waals surface area contributed by atoms with E-state index in [0.717, 1.165) is 12.8 Å². The van der Waals surface area contributed by atoms with Gasteiger partial charge in [0.2, 0.25) is 5.91 Å². The fourth-order valence-electron chi connectivity index (χ4n) is 2.81. The molecular formula is C16H23NO4S. The first-order valence-corrected chi connectivity index (χ1v) is 8.43. The van der Waals surface area contributed by atoms with E-state index in [1.54, 1.807) is 11.3 Å². The molecule has 1 aromatic heterocycles. The summed E-state index contributed by atoms with van der Waals surface area (Å²) in [6.07, 6.45) is 2.60. The Kier molecular flexibility index (Phi) is 5.58. The van der Waals surface area contributed by atoms with Crippen molar-refractivity contribution in [3.8, 4) is 0 Å². The van der Waals surface area contributed by atoms with Crippen LogP contribution in [0.5, 0.6) is 0 Å². The van der Waals surface area contributed by atoms with E-state index in [-0.39, 0.29) is 5.91 Å². The van der Waals surface area contributed by atoms with E-state index in [2.05, 4.69) is 25.2 Å². The summed E-state index contributed by atoms with van der Waals surface area (Å²) < 4.78 is 5.20. The number of aryl methyl sites for hydroxylation is 3. The van der Waals surface area contributed by atoms with Gasteiger partial charge in [0.25, 0.3) is 0 Å². The molecule has 0 unspecified atom stereocenters. The number of rotatable bonds is 6. The van der Waals surface area contributed by atoms with Crippen LogP contribution in [0.25, 0.3) is 0 Å². The SMILES string of the molecule is Cc1cc(CCCC(=O)NC2(C(=O)O)CCOCC2)c(C)s1. The highest BCUT2D eigenvalue weighted by molar-refractivity contribution is 7.12. The Morgan fingerprint density at radius 1 is 1.36 bits per heavy atom.